The van der Waals surface area contributed by atoms with Crippen LogP contribution in [0.4, 0.5) is 14.5 Å². The molecule has 0 aliphatic heterocycles. The first-order valence-electron chi connectivity index (χ1n) is 14.4. The highest BCUT2D eigenvalue weighted by molar-refractivity contribution is 6.31. The Kier molecular flexibility index (Phi) is 10.1. The predicted molar refractivity (Wildman–Crippen MR) is 161 cm³/mol. The summed E-state index contributed by atoms with van der Waals surface area (Å²) in [5.41, 5.74) is 2.37. The van der Waals surface area contributed by atoms with Crippen molar-refractivity contribution in [1.29, 1.82) is 0 Å². The fourth-order valence-electron chi connectivity index (χ4n) is 5.32. The third-order valence-electron chi connectivity index (χ3n) is 7.80. The summed E-state index contributed by atoms with van der Waals surface area (Å²) in [6.45, 7) is 7.14. The molecule has 2 saturated carbocycles. The van der Waals surface area contributed by atoms with E-state index in [9.17, 15) is 13.6 Å². The van der Waals surface area contributed by atoms with Crippen LogP contribution in [0.5, 0.6) is 0 Å². The van der Waals surface area contributed by atoms with Crippen molar-refractivity contribution in [1.82, 2.24) is 4.57 Å². The Hall–Kier alpha value is -2.70. The normalized spacial score (nSPS) is 16.6. The number of halogens is 3. The molecule has 4 nitrogen and oxygen atoms in total. The van der Waals surface area contributed by atoms with E-state index < -0.39 is 17.5 Å². The van der Waals surface area contributed by atoms with Crippen LogP contribution in [-0.2, 0) is 11.3 Å². The van der Waals surface area contributed by atoms with Gasteiger partial charge in [0.25, 0.3) is 0 Å². The minimum atomic E-state index is -0.589. The maximum Gasteiger partial charge on any atom is 0.248 e. The van der Waals surface area contributed by atoms with Crippen molar-refractivity contribution in [3.63, 3.8) is 0 Å². The number of benzene rings is 2. The number of nitrogens with one attached hydrogen (secondary N) is 1. The van der Waals surface area contributed by atoms with Gasteiger partial charge in [0.05, 0.1) is 0 Å². The van der Waals surface area contributed by atoms with Crippen LogP contribution in [0.3, 0.4) is 0 Å². The van der Waals surface area contributed by atoms with Crippen LogP contribution >= 0.6 is 11.6 Å². The molecule has 1 amide bonds. The Morgan fingerprint density at radius 2 is 1.68 bits per heavy atom. The number of amides is 1. The molecule has 2 aromatic carbocycles. The van der Waals surface area contributed by atoms with Gasteiger partial charge in [-0.3, -0.25) is 4.79 Å². The number of nitrogens with zero attached hydrogens (tertiary/aromatic N) is 1. The summed E-state index contributed by atoms with van der Waals surface area (Å²) in [5, 5.41) is 12.7. The van der Waals surface area contributed by atoms with Gasteiger partial charge in [-0.15, -0.1) is 0 Å². The predicted octanol–water partition coefficient (Wildman–Crippen LogP) is 9.10. The van der Waals surface area contributed by atoms with E-state index in [2.05, 4.69) is 9.88 Å². The molecule has 1 aromatic heterocycles. The van der Waals surface area contributed by atoms with E-state index in [1.54, 1.807) is 6.08 Å². The number of aromatic nitrogens is 1. The summed E-state index contributed by atoms with van der Waals surface area (Å²) in [6.07, 6.45) is 12.0. The lowest BCUT2D eigenvalue weighted by Gasteiger charge is -2.26. The lowest BCUT2D eigenvalue weighted by atomic mass is 9.79. The number of aliphatic hydroxyl groups excluding tert-OH is 1. The van der Waals surface area contributed by atoms with E-state index in [1.807, 2.05) is 45.0 Å². The molecule has 2 aliphatic rings. The van der Waals surface area contributed by atoms with Crippen LogP contribution in [-0.4, -0.2) is 22.2 Å². The average molecular weight is 571 g/mol. The molecule has 0 unspecified atom stereocenters. The molecule has 2 N–H and O–H groups in total. The highest BCUT2D eigenvalue weighted by Crippen LogP contribution is 2.39. The van der Waals surface area contributed by atoms with Crippen LogP contribution in [0.2, 0.25) is 5.02 Å². The Bertz CT molecular complexity index is 1330. The smallest absolute Gasteiger partial charge is 0.248 e. The Morgan fingerprint density at radius 3 is 2.25 bits per heavy atom. The van der Waals surface area contributed by atoms with Gasteiger partial charge >= 0.3 is 0 Å². The van der Waals surface area contributed by atoms with Crippen molar-refractivity contribution in [3.8, 4) is 0 Å². The van der Waals surface area contributed by atoms with Crippen molar-refractivity contribution in [2.75, 3.05) is 11.9 Å². The maximum atomic E-state index is 14.5. The third kappa shape index (κ3) is 7.94. The second kappa shape index (κ2) is 13.3. The molecule has 2 fully saturated rings. The van der Waals surface area contributed by atoms with Gasteiger partial charge in [-0.25, -0.2) is 8.78 Å². The summed E-state index contributed by atoms with van der Waals surface area (Å²) in [4.78, 5) is 12.6. The number of hydrogen-bond donors (Lipinski definition) is 2. The number of aliphatic hydroxyl groups is 1. The Labute approximate surface area is 241 Å². The van der Waals surface area contributed by atoms with Crippen LogP contribution < -0.4 is 5.32 Å². The van der Waals surface area contributed by atoms with Crippen molar-refractivity contribution in [2.24, 2.45) is 11.3 Å². The summed E-state index contributed by atoms with van der Waals surface area (Å²) >= 11 is 6.21. The van der Waals surface area contributed by atoms with Gasteiger partial charge in [0.2, 0.25) is 5.91 Å². The molecular formula is C33H41ClF2N2O2. The Balaban J connectivity index is 0.000000557. The molecule has 0 atom stereocenters. The van der Waals surface area contributed by atoms with Crippen LogP contribution in [0.15, 0.2) is 42.5 Å². The minimum absolute atomic E-state index is 0.0516. The van der Waals surface area contributed by atoms with Gasteiger partial charge in [-0.2, -0.15) is 0 Å². The van der Waals surface area contributed by atoms with E-state index in [4.69, 9.17) is 16.7 Å². The van der Waals surface area contributed by atoms with Crippen LogP contribution in [0.25, 0.3) is 17.0 Å². The van der Waals surface area contributed by atoms with Crippen molar-refractivity contribution >= 4 is 40.2 Å². The zero-order valence-electron chi connectivity index (χ0n) is 23.8. The molecule has 1 heterocycles. The lowest BCUT2D eigenvalue weighted by Crippen LogP contribution is -2.15. The van der Waals surface area contributed by atoms with Gasteiger partial charge in [0.15, 0.2) is 0 Å². The molecule has 40 heavy (non-hydrogen) atoms. The van der Waals surface area contributed by atoms with Crippen molar-refractivity contribution < 1.29 is 18.7 Å². The summed E-state index contributed by atoms with van der Waals surface area (Å²) in [5.74, 6) is -1.05. The van der Waals surface area contributed by atoms with E-state index in [-0.39, 0.29) is 29.2 Å². The van der Waals surface area contributed by atoms with E-state index in [0.29, 0.717) is 10.9 Å². The van der Waals surface area contributed by atoms with Crippen LogP contribution in [0, 0.1) is 23.0 Å². The summed E-state index contributed by atoms with van der Waals surface area (Å²) < 4.78 is 31.2. The molecule has 0 radical (unpaired) electrons. The first-order chi connectivity index (χ1) is 19.0. The fourth-order valence-corrected chi connectivity index (χ4v) is 5.50. The molecule has 0 bridgehead atoms. The Morgan fingerprint density at radius 1 is 1.02 bits per heavy atom. The molecule has 216 valence electrons. The van der Waals surface area contributed by atoms with Gasteiger partial charge < -0.3 is 15.0 Å². The zero-order chi connectivity index (χ0) is 28.9. The number of carbonyl (C=O) groups is 1. The van der Waals surface area contributed by atoms with Crippen molar-refractivity contribution in [3.05, 3.63) is 70.4 Å². The van der Waals surface area contributed by atoms with Gasteiger partial charge in [-0.1, -0.05) is 58.1 Å². The second-order valence-electron chi connectivity index (χ2n) is 12.4. The van der Waals surface area contributed by atoms with E-state index in [0.717, 1.165) is 42.4 Å². The standard InChI is InChI=1S/C28H29ClF2N2O.C5H12O/c29-21-9-11-26-20(13-21)14-23(33(26)17-18-5-2-1-3-6-18)10-12-27(34)32-22-15-24(30)28(25(31)16-22)19-7-4-8-19;1-5(2,3)4-6/h9-16,18-19H,1-8,17H2,(H,32,34);6H,4H2,1-3H3/b12-10+;. The largest absolute Gasteiger partial charge is 0.396 e. The molecule has 0 spiro atoms. The molecule has 0 saturated heterocycles. The molecule has 3 aromatic rings. The van der Waals surface area contributed by atoms with E-state index in [1.165, 1.54) is 50.3 Å². The average Bonchev–Trinajstić information content (AvgIpc) is 3.20. The maximum absolute atomic E-state index is 14.5. The molecule has 7 heteroatoms. The highest BCUT2D eigenvalue weighted by Gasteiger charge is 2.26. The van der Waals surface area contributed by atoms with Crippen molar-refractivity contribution in [2.45, 2.75) is 84.6 Å². The fraction of sp³-hybridized carbons (Fsp3) is 0.485. The third-order valence-corrected chi connectivity index (χ3v) is 8.04. The topological polar surface area (TPSA) is 54.3 Å². The van der Waals surface area contributed by atoms with E-state index >= 15 is 0 Å². The van der Waals surface area contributed by atoms with Gasteiger partial charge in [0, 0.05) is 52.1 Å². The number of hydrogen-bond acceptors (Lipinski definition) is 2. The molecule has 5 rings (SSSR count). The first-order valence-corrected chi connectivity index (χ1v) is 14.8. The monoisotopic (exact) mass is 570 g/mol. The minimum Gasteiger partial charge on any atom is -0.396 e. The summed E-state index contributed by atoms with van der Waals surface area (Å²) in [6, 6.07) is 10.3. The number of fused-ring (bicyclic) bond motifs is 1. The number of anilines is 1. The summed E-state index contributed by atoms with van der Waals surface area (Å²) in [7, 11) is 0. The molecule has 2 aliphatic carbocycles. The first kappa shape index (κ1) is 30.3. The molecular weight excluding hydrogens is 530 g/mol. The number of carbonyl (C=O) groups excluding carboxylic acids is 1. The lowest BCUT2D eigenvalue weighted by molar-refractivity contribution is -0.111. The number of rotatable bonds is 6. The highest BCUT2D eigenvalue weighted by atomic mass is 35.5. The van der Waals surface area contributed by atoms with Gasteiger partial charge in [-0.05, 0) is 85.4 Å². The van der Waals surface area contributed by atoms with Gasteiger partial charge in [0.1, 0.15) is 11.6 Å². The SMILES string of the molecule is CC(C)(C)CO.O=C(/C=C/c1cc2cc(Cl)ccc2n1CC1CCCCC1)Nc1cc(F)c(C2CCC2)c(F)c1. The quantitative estimate of drug-likeness (QED) is 0.290. The zero-order valence-corrected chi connectivity index (χ0v) is 24.5. The second-order valence-corrected chi connectivity index (χ2v) is 12.8. The van der Waals surface area contributed by atoms with Crippen LogP contribution in [0.1, 0.15) is 89.3 Å².